The lowest BCUT2D eigenvalue weighted by Crippen LogP contribution is -2.45. The molecule has 0 radical (unpaired) electrons. The summed E-state index contributed by atoms with van der Waals surface area (Å²) in [4.78, 5) is 17.1. The van der Waals surface area contributed by atoms with Gasteiger partial charge >= 0.3 is 0 Å². The van der Waals surface area contributed by atoms with Crippen LogP contribution in [0.3, 0.4) is 0 Å². The Morgan fingerprint density at radius 3 is 2.27 bits per heavy atom. The molecule has 0 spiro atoms. The molecule has 30 heavy (non-hydrogen) atoms. The maximum Gasteiger partial charge on any atom is 0.227 e. The summed E-state index contributed by atoms with van der Waals surface area (Å²) < 4.78 is 24.4. The number of nitrogens with zero attached hydrogens (tertiary/aromatic N) is 2. The van der Waals surface area contributed by atoms with E-state index in [0.29, 0.717) is 17.9 Å². The maximum absolute atomic E-state index is 13.2. The van der Waals surface area contributed by atoms with Crippen LogP contribution in [0.1, 0.15) is 16.9 Å². The van der Waals surface area contributed by atoms with Gasteiger partial charge in [0, 0.05) is 38.8 Å². The van der Waals surface area contributed by atoms with Crippen molar-refractivity contribution in [2.45, 2.75) is 19.7 Å². The molecular weight excluding hydrogens is 383 g/mol. The molecule has 2 heterocycles. The number of benzene rings is 2. The van der Waals surface area contributed by atoms with Crippen LogP contribution in [0.5, 0.6) is 5.75 Å². The molecule has 1 aliphatic rings. The lowest BCUT2D eigenvalue weighted by Gasteiger charge is -2.34. The average molecular weight is 408 g/mol. The minimum absolute atomic E-state index is 0.116. The first-order valence-corrected chi connectivity index (χ1v) is 10.1. The van der Waals surface area contributed by atoms with Gasteiger partial charge in [-0.05, 0) is 23.3 Å². The Bertz CT molecular complexity index is 1010. The van der Waals surface area contributed by atoms with Gasteiger partial charge in [-0.25, -0.2) is 4.39 Å². The van der Waals surface area contributed by atoms with Crippen molar-refractivity contribution in [1.82, 2.24) is 9.80 Å². The minimum Gasteiger partial charge on any atom is -0.482 e. The van der Waals surface area contributed by atoms with Gasteiger partial charge in [0.1, 0.15) is 24.4 Å². The Morgan fingerprint density at radius 1 is 0.867 bits per heavy atom. The predicted octanol–water partition coefficient (Wildman–Crippen LogP) is 3.68. The van der Waals surface area contributed by atoms with Crippen molar-refractivity contribution >= 4 is 0 Å². The summed E-state index contributed by atoms with van der Waals surface area (Å²) in [5.41, 5.74) is 1.76. The normalized spacial score (nSPS) is 15.2. The van der Waals surface area contributed by atoms with E-state index in [1.54, 1.807) is 12.1 Å². The first kappa shape index (κ1) is 20.3. The first-order chi connectivity index (χ1) is 14.7. The van der Waals surface area contributed by atoms with Crippen molar-refractivity contribution in [1.29, 1.82) is 0 Å². The average Bonchev–Trinajstić information content (AvgIpc) is 2.75. The van der Waals surface area contributed by atoms with Crippen LogP contribution < -0.4 is 10.2 Å². The Hall–Kier alpha value is -2.96. The molecule has 2 aromatic carbocycles. The molecule has 156 valence electrons. The maximum atomic E-state index is 13.2. The molecule has 5 nitrogen and oxygen atoms in total. The number of ether oxygens (including phenoxy) is 1. The molecule has 1 aliphatic heterocycles. The molecule has 0 saturated carbocycles. The zero-order valence-corrected chi connectivity index (χ0v) is 16.8. The van der Waals surface area contributed by atoms with Gasteiger partial charge in [-0.2, -0.15) is 0 Å². The van der Waals surface area contributed by atoms with E-state index < -0.39 is 0 Å². The highest BCUT2D eigenvalue weighted by Crippen LogP contribution is 2.14. The van der Waals surface area contributed by atoms with E-state index in [9.17, 15) is 9.18 Å². The van der Waals surface area contributed by atoms with Crippen molar-refractivity contribution in [3.05, 3.63) is 99.9 Å². The topological polar surface area (TPSA) is 45.9 Å². The molecule has 3 aromatic rings. The Labute approximate surface area is 175 Å². The summed E-state index contributed by atoms with van der Waals surface area (Å²) in [7, 11) is 0. The van der Waals surface area contributed by atoms with E-state index in [1.165, 1.54) is 30.0 Å². The summed E-state index contributed by atoms with van der Waals surface area (Å²) in [6.07, 6.45) is 1.35. The second-order valence-corrected chi connectivity index (χ2v) is 7.53. The van der Waals surface area contributed by atoms with Crippen LogP contribution in [-0.2, 0) is 19.7 Å². The molecule has 0 unspecified atom stereocenters. The number of rotatable bonds is 7. The molecule has 0 aliphatic carbocycles. The van der Waals surface area contributed by atoms with Gasteiger partial charge in [0.25, 0.3) is 0 Å². The fraction of sp³-hybridized carbons (Fsp3) is 0.292. The van der Waals surface area contributed by atoms with E-state index in [-0.39, 0.29) is 23.6 Å². The van der Waals surface area contributed by atoms with Crippen LogP contribution in [0, 0.1) is 5.82 Å². The van der Waals surface area contributed by atoms with E-state index in [1.807, 2.05) is 6.07 Å². The second-order valence-electron chi connectivity index (χ2n) is 7.53. The quantitative estimate of drug-likeness (QED) is 0.597. The lowest BCUT2D eigenvalue weighted by atomic mass is 10.2. The third-order valence-electron chi connectivity index (χ3n) is 5.23. The van der Waals surface area contributed by atoms with Gasteiger partial charge in [0.05, 0.1) is 6.54 Å². The largest absolute Gasteiger partial charge is 0.482 e. The van der Waals surface area contributed by atoms with Crippen LogP contribution in [0.2, 0.25) is 0 Å². The summed E-state index contributed by atoms with van der Waals surface area (Å²) in [5.74, 6) is 0.424. The van der Waals surface area contributed by atoms with E-state index in [2.05, 4.69) is 34.1 Å². The fourth-order valence-corrected chi connectivity index (χ4v) is 3.58. The highest BCUT2D eigenvalue weighted by atomic mass is 19.1. The molecule has 0 bridgehead atoms. The molecular formula is C24H25FN2O3. The summed E-state index contributed by atoms with van der Waals surface area (Å²) in [6, 6.07) is 18.1. The summed E-state index contributed by atoms with van der Waals surface area (Å²) >= 11 is 0. The second kappa shape index (κ2) is 9.69. The van der Waals surface area contributed by atoms with Crippen molar-refractivity contribution in [2.75, 3.05) is 26.2 Å². The van der Waals surface area contributed by atoms with E-state index in [0.717, 1.165) is 32.7 Å². The Kier molecular flexibility index (Phi) is 6.57. The van der Waals surface area contributed by atoms with Crippen LogP contribution in [0.15, 0.2) is 76.1 Å². The van der Waals surface area contributed by atoms with Gasteiger partial charge in [-0.15, -0.1) is 0 Å². The van der Waals surface area contributed by atoms with Crippen LogP contribution in [0.4, 0.5) is 4.39 Å². The standard InChI is InChI=1S/C24H25FN2O3/c25-21-8-4-7-20(13-21)17-30-24-18-29-22(14-23(24)28)16-27-11-9-26(10-12-27)15-19-5-2-1-3-6-19/h1-8,13-14,18H,9-12,15-17H2. The lowest BCUT2D eigenvalue weighted by molar-refractivity contribution is 0.115. The molecule has 0 N–H and O–H groups in total. The molecule has 0 atom stereocenters. The van der Waals surface area contributed by atoms with Crippen molar-refractivity contribution in [3.63, 3.8) is 0 Å². The molecule has 1 fully saturated rings. The van der Waals surface area contributed by atoms with Crippen molar-refractivity contribution < 1.29 is 13.5 Å². The fourth-order valence-electron chi connectivity index (χ4n) is 3.58. The molecule has 1 saturated heterocycles. The zero-order valence-electron chi connectivity index (χ0n) is 16.8. The van der Waals surface area contributed by atoms with Gasteiger partial charge in [0.15, 0.2) is 0 Å². The van der Waals surface area contributed by atoms with Crippen molar-refractivity contribution in [2.24, 2.45) is 0 Å². The third kappa shape index (κ3) is 5.55. The van der Waals surface area contributed by atoms with E-state index >= 15 is 0 Å². The highest BCUT2D eigenvalue weighted by molar-refractivity contribution is 5.20. The van der Waals surface area contributed by atoms with Crippen molar-refractivity contribution in [3.8, 4) is 5.75 Å². The molecule has 1 aromatic heterocycles. The van der Waals surface area contributed by atoms with E-state index in [4.69, 9.17) is 9.15 Å². The monoisotopic (exact) mass is 408 g/mol. The molecule has 6 heteroatoms. The van der Waals surface area contributed by atoms with Gasteiger partial charge in [-0.1, -0.05) is 42.5 Å². The summed E-state index contributed by atoms with van der Waals surface area (Å²) in [5, 5.41) is 0. The Balaban J connectivity index is 1.27. The molecule has 0 amide bonds. The number of hydrogen-bond donors (Lipinski definition) is 0. The SMILES string of the molecule is O=c1cc(CN2CCN(Cc3ccccc3)CC2)occ1OCc1cccc(F)c1. The van der Waals surface area contributed by atoms with Crippen LogP contribution in [0.25, 0.3) is 0 Å². The number of halogens is 1. The molecule has 4 rings (SSSR count). The zero-order chi connectivity index (χ0) is 20.8. The predicted molar refractivity (Wildman–Crippen MR) is 113 cm³/mol. The van der Waals surface area contributed by atoms with Crippen LogP contribution in [-0.4, -0.2) is 36.0 Å². The number of hydrogen-bond acceptors (Lipinski definition) is 5. The first-order valence-electron chi connectivity index (χ1n) is 10.1. The smallest absolute Gasteiger partial charge is 0.227 e. The highest BCUT2D eigenvalue weighted by Gasteiger charge is 2.18. The number of piperazine rings is 1. The Morgan fingerprint density at radius 2 is 1.57 bits per heavy atom. The minimum atomic E-state index is -0.331. The van der Waals surface area contributed by atoms with Gasteiger partial charge in [-0.3, -0.25) is 14.6 Å². The third-order valence-corrected chi connectivity index (χ3v) is 5.23. The van der Waals surface area contributed by atoms with Gasteiger partial charge < -0.3 is 9.15 Å². The summed E-state index contributed by atoms with van der Waals surface area (Å²) in [6.45, 7) is 5.48. The van der Waals surface area contributed by atoms with Gasteiger partial charge in [0.2, 0.25) is 11.2 Å². The van der Waals surface area contributed by atoms with Crippen LogP contribution >= 0.6 is 0 Å².